The van der Waals surface area contributed by atoms with E-state index in [1.165, 1.54) is 61.4 Å². The Hall–Kier alpha value is -2.68. The maximum absolute atomic E-state index is 13.1. The van der Waals surface area contributed by atoms with Gasteiger partial charge in [-0.05, 0) is 99.9 Å². The fourth-order valence-corrected chi connectivity index (χ4v) is 7.94. The highest BCUT2D eigenvalue weighted by Gasteiger charge is 2.44. The Morgan fingerprint density at radius 3 is 1.29 bits per heavy atom. The third-order valence-electron chi connectivity index (χ3n) is 6.52. The van der Waals surface area contributed by atoms with E-state index in [1.807, 2.05) is 0 Å². The summed E-state index contributed by atoms with van der Waals surface area (Å²) in [6.07, 6.45) is 10.7. The van der Waals surface area contributed by atoms with Crippen LogP contribution in [0.3, 0.4) is 0 Å². The molecule has 10 heteroatoms. The molecule has 2 aliphatic rings. The first kappa shape index (κ1) is 25.4. The summed E-state index contributed by atoms with van der Waals surface area (Å²) in [5.74, 6) is 1.02. The van der Waals surface area contributed by atoms with Gasteiger partial charge < -0.3 is 15.0 Å². The van der Waals surface area contributed by atoms with E-state index in [0.29, 0.717) is 11.5 Å². The van der Waals surface area contributed by atoms with Crippen molar-refractivity contribution < 1.29 is 31.1 Å². The molecule has 0 saturated heterocycles. The maximum atomic E-state index is 13.1. The summed E-state index contributed by atoms with van der Waals surface area (Å²) in [7, 11) is -9.23. The van der Waals surface area contributed by atoms with Crippen molar-refractivity contribution in [2.24, 2.45) is 0 Å². The monoisotopic (exact) mass is 518 g/mol. The van der Waals surface area contributed by atoms with Crippen molar-refractivity contribution in [3.8, 4) is 11.5 Å². The van der Waals surface area contributed by atoms with E-state index in [4.69, 9.17) is 9.47 Å². The first-order valence-corrected chi connectivity index (χ1v) is 15.0. The molecule has 0 radical (unpaired) electrons. The highest BCUT2D eigenvalue weighted by Crippen LogP contribution is 2.28. The lowest BCUT2D eigenvalue weighted by molar-refractivity contribution is 0.00380. The molecule has 2 fully saturated rings. The maximum Gasteiger partial charge on any atom is 0.504 e. The van der Waals surface area contributed by atoms with Crippen LogP contribution in [0, 0.1) is 0 Å². The van der Waals surface area contributed by atoms with Gasteiger partial charge in [0.15, 0.2) is 0 Å². The molecule has 188 valence electrons. The van der Waals surface area contributed by atoms with Crippen LogP contribution in [0.2, 0.25) is 0 Å². The third-order valence-corrected chi connectivity index (χ3v) is 10.7. The average Bonchev–Trinajstić information content (AvgIpc) is 2.86. The standard InChI is InChI=1S/C25H30N2O6S2/c26-27-25(34(28,29)23-15-11-21(12-16-23)32-19-7-3-1-4-8-19)35(30,31)24-17-13-22(14-18-24)33-20-9-5-2-6-10-20/h11-20H,1-10H2. The van der Waals surface area contributed by atoms with Crippen LogP contribution in [0.4, 0.5) is 0 Å². The quantitative estimate of drug-likeness (QED) is 0.231. The Bertz CT molecular complexity index is 1170. The predicted molar refractivity (Wildman–Crippen MR) is 131 cm³/mol. The predicted octanol–water partition coefficient (Wildman–Crippen LogP) is 4.94. The van der Waals surface area contributed by atoms with Crippen molar-refractivity contribution >= 4 is 24.1 Å². The second-order valence-electron chi connectivity index (χ2n) is 9.07. The number of benzene rings is 2. The van der Waals surface area contributed by atoms with Gasteiger partial charge in [0.2, 0.25) is 0 Å². The van der Waals surface area contributed by atoms with Gasteiger partial charge in [0.05, 0.1) is 22.0 Å². The minimum atomic E-state index is -4.61. The van der Waals surface area contributed by atoms with Crippen LogP contribution in [-0.4, -0.2) is 38.2 Å². The SMILES string of the molecule is [N-]=[N+]=C(S(=O)(=O)c1ccc(OC2CCCCC2)cc1)S(=O)(=O)c1ccc(OC2CCCCC2)cc1. The summed E-state index contributed by atoms with van der Waals surface area (Å²) in [5.41, 5.74) is 9.44. The molecule has 4 rings (SSSR count). The van der Waals surface area contributed by atoms with Crippen LogP contribution < -0.4 is 9.47 Å². The molecule has 2 aromatic rings. The molecule has 35 heavy (non-hydrogen) atoms. The topological polar surface area (TPSA) is 123 Å². The Morgan fingerprint density at radius 1 is 0.629 bits per heavy atom. The Morgan fingerprint density at radius 2 is 0.971 bits per heavy atom. The van der Waals surface area contributed by atoms with Gasteiger partial charge in [0.25, 0.3) is 19.7 Å². The average molecular weight is 519 g/mol. The second kappa shape index (κ2) is 10.9. The van der Waals surface area contributed by atoms with Gasteiger partial charge in [-0.1, -0.05) is 12.8 Å². The van der Waals surface area contributed by atoms with E-state index in [0.717, 1.165) is 51.4 Å². The minimum Gasteiger partial charge on any atom is -0.490 e. The van der Waals surface area contributed by atoms with Gasteiger partial charge in [-0.15, -0.1) is 4.79 Å². The molecule has 8 nitrogen and oxygen atoms in total. The van der Waals surface area contributed by atoms with Crippen LogP contribution in [0.1, 0.15) is 64.2 Å². The molecular formula is C25H30N2O6S2. The molecule has 0 heterocycles. The normalized spacial score (nSPS) is 17.9. The van der Waals surface area contributed by atoms with Crippen LogP contribution in [0.5, 0.6) is 11.5 Å². The lowest BCUT2D eigenvalue weighted by Gasteiger charge is -2.23. The Kier molecular flexibility index (Phi) is 7.94. The molecular weight excluding hydrogens is 488 g/mol. The van der Waals surface area contributed by atoms with E-state index in [1.54, 1.807) is 0 Å². The zero-order valence-corrected chi connectivity index (χ0v) is 21.1. The van der Waals surface area contributed by atoms with Crippen LogP contribution in [0.25, 0.3) is 5.53 Å². The molecule has 0 aromatic heterocycles. The molecule has 0 amide bonds. The molecule has 2 aromatic carbocycles. The number of rotatable bonds is 6. The third kappa shape index (κ3) is 5.94. The van der Waals surface area contributed by atoms with Crippen molar-refractivity contribution in [2.75, 3.05) is 0 Å². The molecule has 0 aliphatic heterocycles. The molecule has 2 aliphatic carbocycles. The van der Waals surface area contributed by atoms with Gasteiger partial charge >= 0.3 is 4.38 Å². The fourth-order valence-electron chi connectivity index (χ4n) is 4.60. The minimum absolute atomic E-state index is 0.0891. The lowest BCUT2D eigenvalue weighted by atomic mass is 9.98. The van der Waals surface area contributed by atoms with Gasteiger partial charge in [0, 0.05) is 0 Å². The first-order chi connectivity index (χ1) is 16.8. The highest BCUT2D eigenvalue weighted by atomic mass is 32.3. The molecule has 0 atom stereocenters. The number of hydrogen-bond acceptors (Lipinski definition) is 6. The largest absolute Gasteiger partial charge is 0.504 e. The smallest absolute Gasteiger partial charge is 0.490 e. The number of nitrogens with zero attached hydrogens (tertiary/aromatic N) is 2. The van der Waals surface area contributed by atoms with Gasteiger partial charge in [-0.3, -0.25) is 0 Å². The summed E-state index contributed by atoms with van der Waals surface area (Å²) in [5, 5.41) is 0. The number of ether oxygens (including phenoxy) is 2. The van der Waals surface area contributed by atoms with Crippen molar-refractivity contribution in [1.82, 2.24) is 0 Å². The first-order valence-electron chi connectivity index (χ1n) is 12.1. The molecule has 0 spiro atoms. The van der Waals surface area contributed by atoms with Gasteiger partial charge in [-0.2, -0.15) is 0 Å². The summed E-state index contributed by atoms with van der Waals surface area (Å²) >= 11 is 0. The highest BCUT2D eigenvalue weighted by molar-refractivity contribution is 8.31. The molecule has 0 N–H and O–H groups in total. The van der Waals surface area contributed by atoms with Crippen LogP contribution in [0.15, 0.2) is 58.3 Å². The zero-order valence-electron chi connectivity index (χ0n) is 19.5. The molecule has 2 saturated carbocycles. The van der Waals surface area contributed by atoms with Gasteiger partial charge in [-0.25, -0.2) is 16.8 Å². The summed E-state index contributed by atoms with van der Waals surface area (Å²) < 4.78 is 62.8. The van der Waals surface area contributed by atoms with Crippen molar-refractivity contribution in [3.63, 3.8) is 0 Å². The van der Waals surface area contributed by atoms with Crippen molar-refractivity contribution in [3.05, 3.63) is 54.1 Å². The van der Waals surface area contributed by atoms with Crippen molar-refractivity contribution in [2.45, 2.75) is 86.2 Å². The van der Waals surface area contributed by atoms with Crippen LogP contribution >= 0.6 is 0 Å². The van der Waals surface area contributed by atoms with E-state index < -0.39 is 24.1 Å². The Labute approximate surface area is 206 Å². The van der Waals surface area contributed by atoms with Crippen LogP contribution in [-0.2, 0) is 19.7 Å². The summed E-state index contributed by atoms with van der Waals surface area (Å²) in [4.78, 5) is 2.09. The zero-order chi connectivity index (χ0) is 24.9. The molecule has 0 bridgehead atoms. The number of sulfone groups is 2. The summed E-state index contributed by atoms with van der Waals surface area (Å²) in [6.45, 7) is 0. The van der Waals surface area contributed by atoms with Crippen molar-refractivity contribution in [1.29, 1.82) is 0 Å². The van der Waals surface area contributed by atoms with E-state index >= 15 is 0 Å². The van der Waals surface area contributed by atoms with E-state index in [2.05, 4.69) is 4.79 Å². The lowest BCUT2D eigenvalue weighted by Crippen LogP contribution is -2.26. The van der Waals surface area contributed by atoms with E-state index in [-0.39, 0.29) is 22.0 Å². The fraction of sp³-hybridized carbons (Fsp3) is 0.480. The number of hydrogen-bond donors (Lipinski definition) is 0. The Balaban J connectivity index is 1.50. The summed E-state index contributed by atoms with van der Waals surface area (Å²) in [6, 6.07) is 11.0. The molecule has 0 unspecified atom stereocenters. The van der Waals surface area contributed by atoms with Gasteiger partial charge in [0.1, 0.15) is 11.5 Å². The van der Waals surface area contributed by atoms with E-state index in [9.17, 15) is 22.4 Å². The second-order valence-corrected chi connectivity index (χ2v) is 13.1.